The van der Waals surface area contributed by atoms with Crippen molar-refractivity contribution in [2.24, 2.45) is 7.05 Å². The first-order valence-corrected chi connectivity index (χ1v) is 11.4. The lowest BCUT2D eigenvalue weighted by Crippen LogP contribution is -2.33. The average Bonchev–Trinajstić information content (AvgIpc) is 3.24. The van der Waals surface area contributed by atoms with Gasteiger partial charge in [0.15, 0.2) is 0 Å². The number of anilines is 1. The van der Waals surface area contributed by atoms with E-state index in [1.54, 1.807) is 21.3 Å². The molecule has 2 heterocycles. The third-order valence-electron chi connectivity index (χ3n) is 5.72. The summed E-state index contributed by atoms with van der Waals surface area (Å²) in [5.41, 5.74) is 4.24. The number of aryl methyl sites for hydroxylation is 1. The molecule has 1 fully saturated rings. The van der Waals surface area contributed by atoms with Crippen LogP contribution in [0.25, 0.3) is 5.69 Å². The number of benzene rings is 2. The Morgan fingerprint density at radius 2 is 1.73 bits per heavy atom. The minimum absolute atomic E-state index is 0.0222. The zero-order chi connectivity index (χ0) is 21.3. The molecular weight excluding hydrogens is 394 g/mol. The van der Waals surface area contributed by atoms with E-state index in [0.29, 0.717) is 11.4 Å². The summed E-state index contributed by atoms with van der Waals surface area (Å²) in [6.45, 7) is 4.09. The van der Waals surface area contributed by atoms with Crippen molar-refractivity contribution in [1.82, 2.24) is 9.36 Å². The number of nitrogens with zero attached hydrogens (tertiary/aromatic N) is 3. The second-order valence-corrected chi connectivity index (χ2v) is 8.75. The summed E-state index contributed by atoms with van der Waals surface area (Å²) in [6.07, 6.45) is 3.41. The van der Waals surface area contributed by atoms with Gasteiger partial charge in [-0.1, -0.05) is 55.8 Å². The molecule has 6 heteroatoms. The van der Waals surface area contributed by atoms with Crippen LogP contribution in [0.4, 0.5) is 5.69 Å². The van der Waals surface area contributed by atoms with E-state index in [2.05, 4.69) is 31.2 Å². The van der Waals surface area contributed by atoms with Crippen LogP contribution in [-0.4, -0.2) is 21.0 Å². The molecular formula is C24H27N3O2S. The van der Waals surface area contributed by atoms with Crippen LogP contribution in [0.15, 0.2) is 59.4 Å². The van der Waals surface area contributed by atoms with Gasteiger partial charge in [-0.3, -0.25) is 19.2 Å². The zero-order valence-corrected chi connectivity index (χ0v) is 18.5. The first-order chi connectivity index (χ1) is 14.5. The molecule has 5 nitrogen and oxygen atoms in total. The van der Waals surface area contributed by atoms with Crippen LogP contribution in [0.3, 0.4) is 0 Å². The maximum Gasteiger partial charge on any atom is 0.295 e. The number of aromatic nitrogens is 2. The van der Waals surface area contributed by atoms with Gasteiger partial charge in [-0.05, 0) is 43.0 Å². The van der Waals surface area contributed by atoms with Gasteiger partial charge < -0.3 is 0 Å². The number of carbonyl (C=O) groups is 1. The van der Waals surface area contributed by atoms with Gasteiger partial charge in [-0.25, -0.2) is 4.68 Å². The molecule has 1 unspecified atom stereocenters. The Bertz CT molecular complexity index is 1100. The minimum Gasteiger partial charge on any atom is -0.288 e. The number of rotatable bonds is 6. The van der Waals surface area contributed by atoms with Crippen LogP contribution >= 0.6 is 11.8 Å². The van der Waals surface area contributed by atoms with E-state index in [0.717, 1.165) is 23.4 Å². The molecule has 0 aliphatic carbocycles. The largest absolute Gasteiger partial charge is 0.295 e. The Morgan fingerprint density at radius 3 is 2.40 bits per heavy atom. The molecule has 156 valence electrons. The first-order valence-electron chi connectivity index (χ1n) is 10.4. The molecule has 1 amide bonds. The SMILES string of the molecule is CCCCc1ccc(C2SCC(=O)N2c2c(C)n(C)n(-c3ccccc3)c2=O)cc1. The molecule has 1 aliphatic heterocycles. The summed E-state index contributed by atoms with van der Waals surface area (Å²) in [7, 11) is 1.86. The van der Waals surface area contributed by atoms with Gasteiger partial charge >= 0.3 is 0 Å². The Kier molecular flexibility index (Phi) is 5.86. The molecule has 4 rings (SSSR count). The van der Waals surface area contributed by atoms with E-state index in [1.165, 1.54) is 18.4 Å². The number of hydrogen-bond acceptors (Lipinski definition) is 3. The van der Waals surface area contributed by atoms with Crippen LogP contribution in [0, 0.1) is 6.92 Å². The normalized spacial score (nSPS) is 16.4. The van der Waals surface area contributed by atoms with Crippen LogP contribution in [0.1, 0.15) is 42.0 Å². The lowest BCUT2D eigenvalue weighted by atomic mass is 10.1. The molecule has 1 saturated heterocycles. The predicted octanol–water partition coefficient (Wildman–Crippen LogP) is 4.61. The lowest BCUT2D eigenvalue weighted by Gasteiger charge is -2.23. The minimum atomic E-state index is -0.184. The highest BCUT2D eigenvalue weighted by molar-refractivity contribution is 8.00. The van der Waals surface area contributed by atoms with E-state index >= 15 is 0 Å². The second-order valence-electron chi connectivity index (χ2n) is 7.68. The van der Waals surface area contributed by atoms with Crippen LogP contribution in [0.5, 0.6) is 0 Å². The lowest BCUT2D eigenvalue weighted by molar-refractivity contribution is -0.115. The maximum absolute atomic E-state index is 13.4. The molecule has 0 bridgehead atoms. The Labute approximate surface area is 181 Å². The van der Waals surface area contributed by atoms with Crippen molar-refractivity contribution in [2.75, 3.05) is 10.7 Å². The molecule has 1 aliphatic rings. The van der Waals surface area contributed by atoms with Crippen molar-refractivity contribution in [1.29, 1.82) is 0 Å². The third-order valence-corrected chi connectivity index (χ3v) is 6.93. The van der Waals surface area contributed by atoms with Gasteiger partial charge in [0.25, 0.3) is 5.56 Å². The van der Waals surface area contributed by atoms with E-state index < -0.39 is 0 Å². The molecule has 0 spiro atoms. The van der Waals surface area contributed by atoms with Crippen molar-refractivity contribution in [3.63, 3.8) is 0 Å². The van der Waals surface area contributed by atoms with Crippen LogP contribution < -0.4 is 10.5 Å². The highest BCUT2D eigenvalue weighted by Crippen LogP contribution is 2.42. The number of para-hydroxylation sites is 1. The van der Waals surface area contributed by atoms with E-state index in [-0.39, 0.29) is 16.8 Å². The van der Waals surface area contributed by atoms with Gasteiger partial charge in [0.05, 0.1) is 17.1 Å². The van der Waals surface area contributed by atoms with E-state index in [1.807, 2.05) is 49.0 Å². The molecule has 0 saturated carbocycles. The maximum atomic E-state index is 13.4. The third kappa shape index (κ3) is 3.60. The second kappa shape index (κ2) is 8.56. The summed E-state index contributed by atoms with van der Waals surface area (Å²) in [5, 5.41) is -0.184. The number of carbonyl (C=O) groups excluding carboxylic acids is 1. The van der Waals surface area contributed by atoms with Gasteiger partial charge in [0, 0.05) is 7.05 Å². The number of thioether (sulfide) groups is 1. The van der Waals surface area contributed by atoms with Crippen molar-refractivity contribution < 1.29 is 4.79 Å². The highest BCUT2D eigenvalue weighted by atomic mass is 32.2. The zero-order valence-electron chi connectivity index (χ0n) is 17.7. The summed E-state index contributed by atoms with van der Waals surface area (Å²) in [6, 6.07) is 18.0. The van der Waals surface area contributed by atoms with Crippen molar-refractivity contribution in [2.45, 2.75) is 38.5 Å². The van der Waals surface area contributed by atoms with Gasteiger partial charge in [-0.2, -0.15) is 0 Å². The number of amides is 1. The smallest absolute Gasteiger partial charge is 0.288 e. The fraction of sp³-hybridized carbons (Fsp3) is 0.333. The van der Waals surface area contributed by atoms with Gasteiger partial charge in [0.1, 0.15) is 11.1 Å². The summed E-state index contributed by atoms with van der Waals surface area (Å²) in [5.74, 6) is 0.354. The fourth-order valence-corrected chi connectivity index (χ4v) is 5.13. The highest BCUT2D eigenvalue weighted by Gasteiger charge is 2.38. The molecule has 0 radical (unpaired) electrons. The average molecular weight is 422 g/mol. The van der Waals surface area contributed by atoms with Crippen molar-refractivity contribution in [3.8, 4) is 5.69 Å². The number of unbranched alkanes of at least 4 members (excludes halogenated alkanes) is 1. The summed E-state index contributed by atoms with van der Waals surface area (Å²) < 4.78 is 3.46. The Balaban J connectivity index is 1.74. The molecule has 3 aromatic rings. The molecule has 0 N–H and O–H groups in total. The molecule has 30 heavy (non-hydrogen) atoms. The Morgan fingerprint density at radius 1 is 1.03 bits per heavy atom. The van der Waals surface area contributed by atoms with Crippen LogP contribution in [-0.2, 0) is 18.3 Å². The monoisotopic (exact) mass is 421 g/mol. The fourth-order valence-electron chi connectivity index (χ4n) is 3.97. The van der Waals surface area contributed by atoms with E-state index in [4.69, 9.17) is 0 Å². The molecule has 1 atom stereocenters. The topological polar surface area (TPSA) is 47.2 Å². The molecule has 2 aromatic carbocycles. The van der Waals surface area contributed by atoms with Gasteiger partial charge in [0.2, 0.25) is 5.91 Å². The predicted molar refractivity (Wildman–Crippen MR) is 123 cm³/mol. The van der Waals surface area contributed by atoms with Crippen LogP contribution in [0.2, 0.25) is 0 Å². The quantitative estimate of drug-likeness (QED) is 0.584. The summed E-state index contributed by atoms with van der Waals surface area (Å²) >= 11 is 1.58. The van der Waals surface area contributed by atoms with E-state index in [9.17, 15) is 9.59 Å². The van der Waals surface area contributed by atoms with Crippen molar-refractivity contribution in [3.05, 3.63) is 81.8 Å². The summed E-state index contributed by atoms with van der Waals surface area (Å²) in [4.78, 5) is 28.0. The van der Waals surface area contributed by atoms with Crippen molar-refractivity contribution >= 4 is 23.4 Å². The number of hydrogen-bond donors (Lipinski definition) is 0. The van der Waals surface area contributed by atoms with Gasteiger partial charge in [-0.15, -0.1) is 11.8 Å². The Hall–Kier alpha value is -2.73. The standard InChI is InChI=1S/C24H27N3O2S/c1-4-5-9-18-12-14-19(15-13-18)24-26(21(28)16-30-24)22-17(2)25(3)27(23(22)29)20-10-7-6-8-11-20/h6-8,10-15,24H,4-5,9,16H2,1-3H3. The molecule has 1 aromatic heterocycles. The first kappa shape index (κ1) is 20.5.